The van der Waals surface area contributed by atoms with E-state index >= 15 is 0 Å². The molecule has 8 heteroatoms. The Labute approximate surface area is 158 Å². The highest BCUT2D eigenvalue weighted by atomic mass is 32.2. The number of carboxylic acids is 1. The second kappa shape index (κ2) is 8.61. The van der Waals surface area contributed by atoms with Crippen molar-refractivity contribution in [1.82, 2.24) is 14.5 Å². The minimum Gasteiger partial charge on any atom is -0.477 e. The summed E-state index contributed by atoms with van der Waals surface area (Å²) in [5.74, 6) is -1.07. The molecule has 0 bridgehead atoms. The average Bonchev–Trinajstić information content (AvgIpc) is 3.03. The van der Waals surface area contributed by atoms with Crippen LogP contribution in [0.2, 0.25) is 0 Å². The number of rotatable bonds is 8. The van der Waals surface area contributed by atoms with Crippen LogP contribution in [0.15, 0.2) is 66.1 Å². The summed E-state index contributed by atoms with van der Waals surface area (Å²) in [6, 6.07) is 8.31. The van der Waals surface area contributed by atoms with Gasteiger partial charge in [-0.25, -0.2) is 22.6 Å². The molecule has 2 rings (SSSR count). The van der Waals surface area contributed by atoms with Crippen LogP contribution < -0.4 is 4.72 Å². The molecular formula is C19H21N3O4S. The first-order chi connectivity index (χ1) is 12.7. The van der Waals surface area contributed by atoms with Crippen LogP contribution >= 0.6 is 0 Å². The van der Waals surface area contributed by atoms with Crippen molar-refractivity contribution in [3.8, 4) is 5.69 Å². The fourth-order valence-corrected chi connectivity index (χ4v) is 3.10. The van der Waals surface area contributed by atoms with Crippen molar-refractivity contribution in [2.75, 3.05) is 0 Å². The molecule has 0 aliphatic heterocycles. The van der Waals surface area contributed by atoms with Crippen LogP contribution in [-0.2, 0) is 16.6 Å². The van der Waals surface area contributed by atoms with Crippen molar-refractivity contribution in [3.63, 3.8) is 0 Å². The number of nitrogens with one attached hydrogen (secondary N) is 1. The van der Waals surface area contributed by atoms with Gasteiger partial charge in [0.15, 0.2) is 5.69 Å². The zero-order chi connectivity index (χ0) is 20.0. The molecule has 1 aromatic heterocycles. The summed E-state index contributed by atoms with van der Waals surface area (Å²) in [5.41, 5.74) is 1.97. The number of allylic oxidation sites excluding steroid dienone is 5. The minimum atomic E-state index is -3.59. The first-order valence-corrected chi connectivity index (χ1v) is 9.58. The maximum absolute atomic E-state index is 12.2. The Morgan fingerprint density at radius 2 is 1.96 bits per heavy atom. The smallest absolute Gasteiger partial charge is 0.354 e. The van der Waals surface area contributed by atoms with Crippen LogP contribution in [0, 0.1) is 6.92 Å². The maximum Gasteiger partial charge on any atom is 0.354 e. The first kappa shape index (κ1) is 20.3. The third-order valence-electron chi connectivity index (χ3n) is 3.70. The number of carbonyl (C=O) groups is 1. The van der Waals surface area contributed by atoms with E-state index in [0.29, 0.717) is 11.4 Å². The molecule has 0 unspecified atom stereocenters. The molecular weight excluding hydrogens is 366 g/mol. The zero-order valence-electron chi connectivity index (χ0n) is 15.1. The molecule has 27 heavy (non-hydrogen) atoms. The number of hydrogen-bond acceptors (Lipinski definition) is 4. The molecule has 7 nitrogen and oxygen atoms in total. The Balaban J connectivity index is 2.13. The van der Waals surface area contributed by atoms with Crippen LogP contribution in [0.3, 0.4) is 0 Å². The largest absolute Gasteiger partial charge is 0.477 e. The molecule has 0 spiro atoms. The SMILES string of the molecule is C=C/C=C\C=C(/C)S(=O)(=O)NCc1ccc(-n2nc(C)cc2C(=O)O)cc1. The Bertz CT molecular complexity index is 1000. The van der Waals surface area contributed by atoms with Gasteiger partial charge in [0.1, 0.15) is 0 Å². The van der Waals surface area contributed by atoms with Crippen LogP contribution in [0.4, 0.5) is 0 Å². The predicted octanol–water partition coefficient (Wildman–Crippen LogP) is 2.94. The Hall–Kier alpha value is -2.97. The maximum atomic E-state index is 12.2. The highest BCUT2D eigenvalue weighted by molar-refractivity contribution is 7.93. The Morgan fingerprint density at radius 3 is 2.56 bits per heavy atom. The lowest BCUT2D eigenvalue weighted by Gasteiger charge is -2.08. The van der Waals surface area contributed by atoms with Crippen molar-refractivity contribution in [1.29, 1.82) is 0 Å². The topological polar surface area (TPSA) is 101 Å². The molecule has 142 valence electrons. The summed E-state index contributed by atoms with van der Waals surface area (Å²) >= 11 is 0. The van der Waals surface area contributed by atoms with Gasteiger partial charge in [-0.1, -0.05) is 36.9 Å². The van der Waals surface area contributed by atoms with Crippen LogP contribution in [0.25, 0.3) is 5.69 Å². The molecule has 0 amide bonds. The second-order valence-electron chi connectivity index (χ2n) is 5.78. The third kappa shape index (κ3) is 5.25. The summed E-state index contributed by atoms with van der Waals surface area (Å²) in [5, 5.41) is 13.4. The molecule has 0 aliphatic carbocycles. The molecule has 2 N–H and O–H groups in total. The fourth-order valence-electron chi connectivity index (χ4n) is 2.26. The molecule has 0 fully saturated rings. The Morgan fingerprint density at radius 1 is 1.30 bits per heavy atom. The monoisotopic (exact) mass is 387 g/mol. The number of benzene rings is 1. The van der Waals surface area contributed by atoms with E-state index in [2.05, 4.69) is 16.4 Å². The zero-order valence-corrected chi connectivity index (χ0v) is 15.9. The molecule has 1 aromatic carbocycles. The normalized spacial score (nSPS) is 12.4. The molecule has 0 aliphatic rings. The van der Waals surface area contributed by atoms with E-state index in [4.69, 9.17) is 0 Å². The summed E-state index contributed by atoms with van der Waals surface area (Å²) in [4.78, 5) is 11.5. The van der Waals surface area contributed by atoms with Crippen LogP contribution in [0.1, 0.15) is 28.7 Å². The van der Waals surface area contributed by atoms with E-state index in [1.165, 1.54) is 23.7 Å². The van der Waals surface area contributed by atoms with Gasteiger partial charge in [0.05, 0.1) is 16.3 Å². The van der Waals surface area contributed by atoms with Crippen molar-refractivity contribution >= 4 is 16.0 Å². The molecule has 0 atom stereocenters. The van der Waals surface area contributed by atoms with Crippen LogP contribution in [0.5, 0.6) is 0 Å². The number of nitrogens with zero attached hydrogens (tertiary/aromatic N) is 2. The van der Waals surface area contributed by atoms with Gasteiger partial charge in [-0.15, -0.1) is 0 Å². The van der Waals surface area contributed by atoms with E-state index in [9.17, 15) is 18.3 Å². The Kier molecular flexibility index (Phi) is 6.49. The van der Waals surface area contributed by atoms with E-state index in [0.717, 1.165) is 5.56 Å². The van der Waals surface area contributed by atoms with Gasteiger partial charge < -0.3 is 5.11 Å². The second-order valence-corrected chi connectivity index (χ2v) is 7.72. The predicted molar refractivity (Wildman–Crippen MR) is 104 cm³/mol. The quantitative estimate of drug-likeness (QED) is 0.678. The number of sulfonamides is 1. The summed E-state index contributed by atoms with van der Waals surface area (Å²) in [6.07, 6.45) is 6.28. The number of aryl methyl sites for hydroxylation is 1. The van der Waals surface area contributed by atoms with Gasteiger partial charge >= 0.3 is 5.97 Å². The molecule has 2 aromatic rings. The van der Waals surface area contributed by atoms with Gasteiger partial charge in [0.2, 0.25) is 10.0 Å². The number of aromatic nitrogens is 2. The average molecular weight is 387 g/mol. The lowest BCUT2D eigenvalue weighted by Crippen LogP contribution is -2.23. The first-order valence-electron chi connectivity index (χ1n) is 8.09. The van der Waals surface area contributed by atoms with Crippen molar-refractivity contribution in [2.45, 2.75) is 20.4 Å². The number of carboxylic acid groups (broad SMARTS) is 1. The molecule has 0 saturated heterocycles. The molecule has 1 heterocycles. The molecule has 0 radical (unpaired) electrons. The lowest BCUT2D eigenvalue weighted by molar-refractivity contribution is 0.0687. The van der Waals surface area contributed by atoms with Gasteiger partial charge in [-0.05, 0) is 43.7 Å². The number of aromatic carboxylic acids is 1. The van der Waals surface area contributed by atoms with Gasteiger partial charge in [0, 0.05) is 6.54 Å². The van der Waals surface area contributed by atoms with Crippen molar-refractivity contribution < 1.29 is 18.3 Å². The van der Waals surface area contributed by atoms with E-state index in [-0.39, 0.29) is 17.1 Å². The highest BCUT2D eigenvalue weighted by Crippen LogP contribution is 2.14. The van der Waals surface area contributed by atoms with Crippen molar-refractivity contribution in [2.24, 2.45) is 0 Å². The van der Waals surface area contributed by atoms with E-state index < -0.39 is 16.0 Å². The van der Waals surface area contributed by atoms with E-state index in [1.54, 1.807) is 49.4 Å². The van der Waals surface area contributed by atoms with Crippen LogP contribution in [-0.4, -0.2) is 29.3 Å². The van der Waals surface area contributed by atoms with Gasteiger partial charge in [-0.3, -0.25) is 0 Å². The van der Waals surface area contributed by atoms with Gasteiger partial charge in [0.25, 0.3) is 0 Å². The summed E-state index contributed by atoms with van der Waals surface area (Å²) < 4.78 is 28.2. The lowest BCUT2D eigenvalue weighted by atomic mass is 10.2. The third-order valence-corrected chi connectivity index (χ3v) is 5.21. The van der Waals surface area contributed by atoms with E-state index in [1.807, 2.05) is 0 Å². The summed E-state index contributed by atoms with van der Waals surface area (Å²) in [7, 11) is -3.59. The van der Waals surface area contributed by atoms with Crippen molar-refractivity contribution in [3.05, 3.63) is 83.1 Å². The standard InChI is InChI=1S/C19H21N3O4S/c1-4-5-6-7-15(3)27(25,26)20-13-16-8-10-17(11-9-16)22-18(19(23)24)12-14(2)21-22/h4-12,20H,1,13H2,2-3H3,(H,23,24)/b6-5-,15-7+. The number of hydrogen-bond donors (Lipinski definition) is 2. The minimum absolute atomic E-state index is 0.0642. The fraction of sp³-hybridized carbons (Fsp3) is 0.158. The van der Waals surface area contributed by atoms with Gasteiger partial charge in [-0.2, -0.15) is 5.10 Å². The molecule has 0 saturated carbocycles. The summed E-state index contributed by atoms with van der Waals surface area (Å²) in [6.45, 7) is 6.86. The highest BCUT2D eigenvalue weighted by Gasteiger charge is 2.15.